The van der Waals surface area contributed by atoms with Gasteiger partial charge in [-0.05, 0) is 43.9 Å². The van der Waals surface area contributed by atoms with E-state index in [1.807, 2.05) is 51.1 Å². The Morgan fingerprint density at radius 1 is 0.684 bits per heavy atom. The second kappa shape index (κ2) is 33.4. The monoisotopic (exact) mass is 1080 g/mol. The predicted molar refractivity (Wildman–Crippen MR) is 267 cm³/mol. The van der Waals surface area contributed by atoms with Crippen molar-refractivity contribution in [2.24, 2.45) is 0 Å². The SMILES string of the molecule is CCC(CO)OC(CO)OC.CCC(CO)OC(COC(=O)CCC(=O)CCC(=O)O[C@]1(CC)C(=O)OCc2c1cc1n(c2=O)Cc2cc3ccccc3nc2-1)OC.CCC(CO)OC(COC(=O)CCC(=O)O)OC. The molecule has 2 aliphatic rings. The molecule has 0 saturated heterocycles. The van der Waals surface area contributed by atoms with E-state index in [0.29, 0.717) is 37.2 Å². The van der Waals surface area contributed by atoms with Gasteiger partial charge < -0.3 is 77.5 Å². The first-order chi connectivity index (χ1) is 36.4. The number of aliphatic carboxylic acids is 1. The van der Waals surface area contributed by atoms with Crippen molar-refractivity contribution in [2.45, 2.75) is 148 Å². The maximum absolute atomic E-state index is 13.7. The van der Waals surface area contributed by atoms with Crippen molar-refractivity contribution in [1.29, 1.82) is 0 Å². The Morgan fingerprint density at radius 2 is 1.20 bits per heavy atom. The van der Waals surface area contributed by atoms with Gasteiger partial charge in [0, 0.05) is 50.7 Å². The van der Waals surface area contributed by atoms with Crippen molar-refractivity contribution < 1.29 is 102 Å². The number of pyridine rings is 2. The van der Waals surface area contributed by atoms with Crippen LogP contribution in [0.25, 0.3) is 22.3 Å². The quantitative estimate of drug-likeness (QED) is 0.0275. The van der Waals surface area contributed by atoms with Gasteiger partial charge in [-0.1, -0.05) is 45.9 Å². The lowest BCUT2D eigenvalue weighted by atomic mass is 9.85. The zero-order valence-corrected chi connectivity index (χ0v) is 44.2. The first-order valence-electron chi connectivity index (χ1n) is 25.0. The van der Waals surface area contributed by atoms with E-state index in [9.17, 15) is 38.7 Å². The highest BCUT2D eigenvalue weighted by Crippen LogP contribution is 2.41. The number of hydrogen-bond donors (Lipinski definition) is 5. The van der Waals surface area contributed by atoms with E-state index in [0.717, 1.165) is 16.5 Å². The highest BCUT2D eigenvalue weighted by atomic mass is 16.7. The number of esters is 4. The maximum atomic E-state index is 13.7. The van der Waals surface area contributed by atoms with Gasteiger partial charge in [0.25, 0.3) is 5.56 Å². The van der Waals surface area contributed by atoms with Crippen molar-refractivity contribution >= 4 is 46.5 Å². The number of benzene rings is 1. The number of para-hydroxylation sites is 1. The first kappa shape index (κ1) is 64.5. The summed E-state index contributed by atoms with van der Waals surface area (Å²) in [4.78, 5) is 90.9. The second-order valence-electron chi connectivity index (χ2n) is 17.3. The van der Waals surface area contributed by atoms with Gasteiger partial charge in [0.2, 0.25) is 5.60 Å². The normalized spacial score (nSPS) is 16.6. The molecule has 0 aliphatic carbocycles. The molecule has 0 fully saturated rings. The van der Waals surface area contributed by atoms with Crippen LogP contribution in [0.1, 0.15) is 109 Å². The third-order valence-corrected chi connectivity index (χ3v) is 12.1. The van der Waals surface area contributed by atoms with Gasteiger partial charge in [-0.25, -0.2) is 9.78 Å². The second-order valence-corrected chi connectivity index (χ2v) is 17.3. The predicted octanol–water partition coefficient (Wildman–Crippen LogP) is 2.96. The molecule has 2 aromatic heterocycles. The smallest absolute Gasteiger partial charge is 0.355 e. The lowest BCUT2D eigenvalue weighted by molar-refractivity contribution is -0.195. The molecule has 4 heterocycles. The summed E-state index contributed by atoms with van der Waals surface area (Å²) < 4.78 is 53.4. The minimum absolute atomic E-state index is 0.00521. The van der Waals surface area contributed by atoms with Gasteiger partial charge in [-0.2, -0.15) is 0 Å². The zero-order chi connectivity index (χ0) is 56.4. The van der Waals surface area contributed by atoms with E-state index in [4.69, 9.17) is 72.8 Å². The van der Waals surface area contributed by atoms with Crippen molar-refractivity contribution in [3.05, 3.63) is 63.4 Å². The summed E-state index contributed by atoms with van der Waals surface area (Å²) >= 11 is 0. The number of cyclic esters (lactones) is 1. The fraction of sp³-hybridized carbons (Fsp3) is 0.615. The molecule has 6 unspecified atom stereocenters. The van der Waals surface area contributed by atoms with Crippen LogP contribution in [-0.4, -0.2) is 169 Å². The molecule has 2 aliphatic heterocycles. The molecule has 5 rings (SSSR count). The average molecular weight is 1080 g/mol. The van der Waals surface area contributed by atoms with Gasteiger partial charge in [-0.3, -0.25) is 28.8 Å². The summed E-state index contributed by atoms with van der Waals surface area (Å²) in [6, 6.07) is 11.3. The van der Waals surface area contributed by atoms with Gasteiger partial charge in [0.05, 0.1) is 99.4 Å². The molecule has 424 valence electrons. The lowest BCUT2D eigenvalue weighted by Gasteiger charge is -2.35. The topological polar surface area (TPSA) is 331 Å². The molecule has 1 aromatic carbocycles. The molecule has 7 atom stereocenters. The van der Waals surface area contributed by atoms with Gasteiger partial charge >= 0.3 is 29.8 Å². The van der Waals surface area contributed by atoms with Crippen molar-refractivity contribution in [3.63, 3.8) is 0 Å². The fourth-order valence-electron chi connectivity index (χ4n) is 7.56. The molecule has 76 heavy (non-hydrogen) atoms. The standard InChI is InChI=1S/C34H38N2O11.C11H20O7.C7H16O4/c1-4-23(17-37)46-30(43-3)19-44-28(39)12-10-22(38)11-13-29(40)47-34(5-2)25-15-27-31-21(14-20-8-6-7-9-26(20)35-31)16-36(27)32(41)24(25)18-45-33(34)42;1-3-8(6-12)18-11(16-2)7-17-10(15)5-4-9(13)14;1-3-6(4-8)11-7(5-9)10-2/h6-9,14-15,23,30,37H,4-5,10-13,16-19H2,1-3H3;8,11-12H,3-7H2,1-2H3,(H,13,14);6-9H,3-5H2,1-2H3/t23?,30?,34-;;/m0../s1. The summed E-state index contributed by atoms with van der Waals surface area (Å²) in [5.41, 5.74) is 0.981. The summed E-state index contributed by atoms with van der Waals surface area (Å²) in [5, 5.41) is 44.9. The number of nitrogens with zero attached hydrogens (tertiary/aromatic N) is 2. The number of hydrogen-bond acceptors (Lipinski definition) is 22. The molecular weight excluding hydrogens is 1000 g/mol. The fourth-order valence-corrected chi connectivity index (χ4v) is 7.56. The number of carboxylic acid groups (broad SMARTS) is 1. The van der Waals surface area contributed by atoms with Crippen LogP contribution in [-0.2, 0) is 94.9 Å². The first-order valence-corrected chi connectivity index (χ1v) is 25.0. The van der Waals surface area contributed by atoms with Crippen LogP contribution in [0.5, 0.6) is 0 Å². The van der Waals surface area contributed by atoms with E-state index < -0.39 is 60.4 Å². The van der Waals surface area contributed by atoms with E-state index in [1.165, 1.54) is 21.3 Å². The number of Topliss-reactive ketones (excluding diaryl/α,β-unsaturated/α-hetero) is 1. The Balaban J connectivity index is 0.000000430. The van der Waals surface area contributed by atoms with Crippen LogP contribution in [0, 0.1) is 0 Å². The van der Waals surface area contributed by atoms with Gasteiger partial charge in [-0.15, -0.1) is 0 Å². The van der Waals surface area contributed by atoms with Crippen LogP contribution in [0.4, 0.5) is 0 Å². The van der Waals surface area contributed by atoms with Gasteiger partial charge in [0.1, 0.15) is 25.6 Å². The number of ketones is 1. The molecule has 0 radical (unpaired) electrons. The summed E-state index contributed by atoms with van der Waals surface area (Å²) in [7, 11) is 4.22. The Hall–Kier alpha value is -5.80. The lowest BCUT2D eigenvalue weighted by Crippen LogP contribution is -2.47. The maximum Gasteiger partial charge on any atom is 0.355 e. The number of ether oxygens (including phenoxy) is 10. The highest BCUT2D eigenvalue weighted by Gasteiger charge is 2.50. The Kier molecular flexibility index (Phi) is 28.3. The third-order valence-electron chi connectivity index (χ3n) is 12.1. The summed E-state index contributed by atoms with van der Waals surface area (Å²) in [6.45, 7) is 6.32. The van der Waals surface area contributed by atoms with E-state index in [2.05, 4.69) is 0 Å². The van der Waals surface area contributed by atoms with Crippen LogP contribution in [0.3, 0.4) is 0 Å². The molecule has 5 N–H and O–H groups in total. The number of carbonyl (C=O) groups excluding carboxylic acids is 5. The van der Waals surface area contributed by atoms with E-state index >= 15 is 0 Å². The van der Waals surface area contributed by atoms with Crippen molar-refractivity contribution in [2.75, 3.05) is 61.0 Å². The Bertz CT molecular complexity index is 2380. The summed E-state index contributed by atoms with van der Waals surface area (Å²) in [6.07, 6.45) is -2.95. The minimum atomic E-state index is -1.88. The number of fused-ring (bicyclic) bond motifs is 5. The minimum Gasteiger partial charge on any atom is -0.481 e. The highest BCUT2D eigenvalue weighted by molar-refractivity contribution is 5.90. The molecule has 3 aromatic rings. The van der Waals surface area contributed by atoms with Crippen LogP contribution >= 0.6 is 0 Å². The molecule has 0 spiro atoms. The Labute approximate surface area is 440 Å². The third kappa shape index (κ3) is 19.0. The zero-order valence-electron chi connectivity index (χ0n) is 44.2. The van der Waals surface area contributed by atoms with Crippen LogP contribution in [0.15, 0.2) is 41.2 Å². The average Bonchev–Trinajstić information content (AvgIpc) is 3.79. The largest absolute Gasteiger partial charge is 0.481 e. The molecule has 0 saturated carbocycles. The number of rotatable bonds is 31. The molecule has 0 bridgehead atoms. The number of methoxy groups -OCH3 is 3. The number of aliphatic hydroxyl groups is 4. The summed E-state index contributed by atoms with van der Waals surface area (Å²) in [5.74, 6) is -4.34. The molecule has 24 nitrogen and oxygen atoms in total. The van der Waals surface area contributed by atoms with Gasteiger partial charge in [0.15, 0.2) is 18.9 Å². The van der Waals surface area contributed by atoms with Crippen molar-refractivity contribution in [1.82, 2.24) is 9.55 Å². The van der Waals surface area contributed by atoms with Crippen molar-refractivity contribution in [3.8, 4) is 11.4 Å². The number of aromatic nitrogens is 2. The number of carbonyl (C=O) groups is 6. The molecule has 24 heteroatoms. The molecule has 0 amide bonds. The van der Waals surface area contributed by atoms with E-state index in [1.54, 1.807) is 17.6 Å². The Morgan fingerprint density at radius 3 is 1.68 bits per heavy atom. The number of carboxylic acids is 1. The molecular formula is C52H74N2O22. The van der Waals surface area contributed by atoms with Crippen LogP contribution < -0.4 is 5.56 Å². The van der Waals surface area contributed by atoms with E-state index in [-0.39, 0.29) is 126 Å². The number of aliphatic hydroxyl groups excluding tert-OH is 4. The van der Waals surface area contributed by atoms with Crippen LogP contribution in [0.2, 0.25) is 0 Å².